The second-order valence-corrected chi connectivity index (χ2v) is 4.78. The van der Waals surface area contributed by atoms with Gasteiger partial charge in [-0.3, -0.25) is 14.2 Å². The van der Waals surface area contributed by atoms with Crippen molar-refractivity contribution >= 4 is 11.8 Å². The van der Waals surface area contributed by atoms with Crippen molar-refractivity contribution in [2.45, 2.75) is 32.4 Å². The van der Waals surface area contributed by atoms with Gasteiger partial charge in [-0.15, -0.1) is 0 Å². The lowest BCUT2D eigenvalue weighted by molar-refractivity contribution is -0.137. The van der Waals surface area contributed by atoms with E-state index in [-0.39, 0.29) is 18.2 Å². The smallest absolute Gasteiger partial charge is 0.323 e. The number of carboxylic acids is 1. The molecule has 1 aromatic heterocycles. The first-order valence-corrected chi connectivity index (χ1v) is 6.75. The summed E-state index contributed by atoms with van der Waals surface area (Å²) in [5.41, 5.74) is -0.369. The van der Waals surface area contributed by atoms with Crippen molar-refractivity contribution in [2.24, 2.45) is 0 Å². The maximum absolute atomic E-state index is 12.3. The minimum Gasteiger partial charge on any atom is -0.480 e. The van der Waals surface area contributed by atoms with Crippen molar-refractivity contribution in [3.8, 4) is 0 Å². The molecule has 1 aliphatic heterocycles. The van der Waals surface area contributed by atoms with Crippen molar-refractivity contribution in [3.05, 3.63) is 22.7 Å². The van der Waals surface area contributed by atoms with Gasteiger partial charge in [-0.05, 0) is 12.8 Å². The molecule has 2 heterocycles. The number of anilines is 1. The summed E-state index contributed by atoms with van der Waals surface area (Å²) in [7, 11) is 0. The van der Waals surface area contributed by atoms with E-state index in [0.717, 1.165) is 17.4 Å². The zero-order valence-electron chi connectivity index (χ0n) is 11.5. The van der Waals surface area contributed by atoms with Crippen LogP contribution in [0.1, 0.15) is 19.8 Å². The summed E-state index contributed by atoms with van der Waals surface area (Å²) in [6, 6.07) is 0. The van der Waals surface area contributed by atoms with Crippen LogP contribution >= 0.6 is 0 Å². The molecular formula is C13H19N3O4. The van der Waals surface area contributed by atoms with Gasteiger partial charge in [0.1, 0.15) is 6.54 Å². The van der Waals surface area contributed by atoms with Crippen LogP contribution in [0.25, 0.3) is 0 Å². The highest BCUT2D eigenvalue weighted by molar-refractivity contribution is 5.66. The Morgan fingerprint density at radius 3 is 3.10 bits per heavy atom. The Balaban J connectivity index is 2.27. The number of ether oxygens (including phenoxy) is 1. The van der Waals surface area contributed by atoms with Crippen LogP contribution in [0.5, 0.6) is 0 Å². The van der Waals surface area contributed by atoms with Crippen LogP contribution in [0.15, 0.2) is 17.2 Å². The number of hydrogen-bond acceptors (Lipinski definition) is 5. The predicted molar refractivity (Wildman–Crippen MR) is 73.0 cm³/mol. The molecule has 1 aliphatic rings. The lowest BCUT2D eigenvalue weighted by Crippen LogP contribution is -2.38. The molecule has 0 bridgehead atoms. The highest BCUT2D eigenvalue weighted by atomic mass is 16.5. The average Bonchev–Trinajstić information content (AvgIpc) is 2.66. The van der Waals surface area contributed by atoms with Gasteiger partial charge < -0.3 is 14.7 Å². The van der Waals surface area contributed by atoms with E-state index in [1.54, 1.807) is 0 Å². The van der Waals surface area contributed by atoms with Crippen LogP contribution in [0.2, 0.25) is 0 Å². The van der Waals surface area contributed by atoms with Gasteiger partial charge in [0.25, 0.3) is 5.56 Å². The lowest BCUT2D eigenvalue weighted by Gasteiger charge is -2.23. The average molecular weight is 281 g/mol. The summed E-state index contributed by atoms with van der Waals surface area (Å²) >= 11 is 0. The Morgan fingerprint density at radius 2 is 2.40 bits per heavy atom. The van der Waals surface area contributed by atoms with E-state index in [2.05, 4.69) is 4.98 Å². The van der Waals surface area contributed by atoms with Gasteiger partial charge in [-0.1, -0.05) is 6.92 Å². The Labute approximate surface area is 116 Å². The predicted octanol–water partition coefficient (Wildman–Crippen LogP) is 0.333. The van der Waals surface area contributed by atoms with E-state index in [4.69, 9.17) is 9.84 Å². The molecule has 0 aromatic carbocycles. The molecule has 20 heavy (non-hydrogen) atoms. The summed E-state index contributed by atoms with van der Waals surface area (Å²) < 4.78 is 6.83. The van der Waals surface area contributed by atoms with E-state index in [1.807, 2.05) is 11.8 Å². The Hall–Kier alpha value is -1.89. The Bertz CT molecular complexity index is 529. The first-order valence-electron chi connectivity index (χ1n) is 6.75. The number of rotatable bonds is 4. The molecule has 110 valence electrons. The van der Waals surface area contributed by atoms with Gasteiger partial charge in [0.2, 0.25) is 0 Å². The summed E-state index contributed by atoms with van der Waals surface area (Å²) in [5, 5.41) is 8.80. The first-order chi connectivity index (χ1) is 9.61. The topological polar surface area (TPSA) is 84.7 Å². The molecule has 7 heteroatoms. The number of aliphatic carboxylic acids is 1. The Morgan fingerprint density at radius 1 is 1.60 bits per heavy atom. The molecule has 1 unspecified atom stereocenters. The normalized spacial score (nSPS) is 19.6. The third-order valence-electron chi connectivity index (χ3n) is 3.31. The molecule has 0 amide bonds. The quantitative estimate of drug-likeness (QED) is 0.856. The maximum Gasteiger partial charge on any atom is 0.323 e. The lowest BCUT2D eigenvalue weighted by atomic mass is 10.2. The van der Waals surface area contributed by atoms with Crippen LogP contribution < -0.4 is 10.5 Å². The number of hydrogen-bond donors (Lipinski definition) is 1. The largest absolute Gasteiger partial charge is 0.480 e. The fraction of sp³-hybridized carbons (Fsp3) is 0.615. The fourth-order valence-electron chi connectivity index (χ4n) is 2.26. The molecule has 0 radical (unpaired) electrons. The monoisotopic (exact) mass is 281 g/mol. The van der Waals surface area contributed by atoms with E-state index in [9.17, 15) is 9.59 Å². The second kappa shape index (κ2) is 6.51. The van der Waals surface area contributed by atoms with Crippen molar-refractivity contribution in [2.75, 3.05) is 24.6 Å². The molecular weight excluding hydrogens is 262 g/mol. The molecule has 1 N–H and O–H groups in total. The SMILES string of the molecule is CCC1CN(c2nccn(CC(=O)O)c2=O)CCCO1. The highest BCUT2D eigenvalue weighted by Gasteiger charge is 2.21. The maximum atomic E-state index is 12.3. The van der Waals surface area contributed by atoms with E-state index >= 15 is 0 Å². The third kappa shape index (κ3) is 3.36. The van der Waals surface area contributed by atoms with E-state index in [0.29, 0.717) is 25.5 Å². The molecule has 2 rings (SSSR count). The number of nitrogens with zero attached hydrogens (tertiary/aromatic N) is 3. The molecule has 1 aromatic rings. The summed E-state index contributed by atoms with van der Waals surface area (Å²) in [6.45, 7) is 3.65. The second-order valence-electron chi connectivity index (χ2n) is 4.78. The minimum absolute atomic E-state index is 0.0758. The molecule has 1 fully saturated rings. The van der Waals surface area contributed by atoms with Crippen LogP contribution in [-0.4, -0.2) is 46.4 Å². The molecule has 0 saturated carbocycles. The first kappa shape index (κ1) is 14.5. The minimum atomic E-state index is -1.05. The van der Waals surface area contributed by atoms with Crippen molar-refractivity contribution in [1.82, 2.24) is 9.55 Å². The van der Waals surface area contributed by atoms with Crippen molar-refractivity contribution in [3.63, 3.8) is 0 Å². The zero-order valence-corrected chi connectivity index (χ0v) is 11.5. The molecule has 1 atom stereocenters. The molecule has 0 spiro atoms. The number of carboxylic acid groups (broad SMARTS) is 1. The van der Waals surface area contributed by atoms with Gasteiger partial charge in [-0.2, -0.15) is 0 Å². The van der Waals surface area contributed by atoms with Crippen LogP contribution in [0.4, 0.5) is 5.82 Å². The van der Waals surface area contributed by atoms with Gasteiger partial charge in [-0.25, -0.2) is 4.98 Å². The van der Waals surface area contributed by atoms with Crippen LogP contribution in [0, 0.1) is 0 Å². The summed E-state index contributed by atoms with van der Waals surface area (Å²) in [5.74, 6) is -0.743. The van der Waals surface area contributed by atoms with Gasteiger partial charge in [0, 0.05) is 32.1 Å². The fourth-order valence-corrected chi connectivity index (χ4v) is 2.26. The van der Waals surface area contributed by atoms with E-state index in [1.165, 1.54) is 12.4 Å². The van der Waals surface area contributed by atoms with Gasteiger partial charge in [0.05, 0.1) is 6.10 Å². The molecule has 0 aliphatic carbocycles. The van der Waals surface area contributed by atoms with Crippen LogP contribution in [-0.2, 0) is 16.1 Å². The Kier molecular flexibility index (Phi) is 4.73. The van der Waals surface area contributed by atoms with Crippen LogP contribution in [0.3, 0.4) is 0 Å². The molecule has 1 saturated heterocycles. The highest BCUT2D eigenvalue weighted by Crippen LogP contribution is 2.13. The number of aromatic nitrogens is 2. The van der Waals surface area contributed by atoms with Crippen molar-refractivity contribution in [1.29, 1.82) is 0 Å². The van der Waals surface area contributed by atoms with Gasteiger partial charge in [0.15, 0.2) is 5.82 Å². The van der Waals surface area contributed by atoms with Gasteiger partial charge >= 0.3 is 5.97 Å². The summed E-state index contributed by atoms with van der Waals surface area (Å²) in [6.07, 6.45) is 4.63. The van der Waals surface area contributed by atoms with Crippen molar-refractivity contribution < 1.29 is 14.6 Å². The molecule has 7 nitrogen and oxygen atoms in total. The third-order valence-corrected chi connectivity index (χ3v) is 3.31. The number of carbonyl (C=O) groups is 1. The standard InChI is InChI=1S/C13H19N3O4/c1-2-10-8-15(5-3-7-20-10)12-13(19)16(6-4-14-12)9-11(17)18/h4,6,10H,2-3,5,7-9H2,1H3,(H,17,18). The van der Waals surface area contributed by atoms with E-state index < -0.39 is 5.97 Å². The summed E-state index contributed by atoms with van der Waals surface area (Å²) in [4.78, 5) is 29.0. The zero-order chi connectivity index (χ0) is 14.5.